The smallest absolute Gasteiger partial charge is 0.237 e. The van der Waals surface area contributed by atoms with E-state index < -0.39 is 0 Å². The number of anilines is 1. The third-order valence-electron chi connectivity index (χ3n) is 3.13. The monoisotopic (exact) mass is 305 g/mol. The number of hydrogen-bond acceptors (Lipinski definition) is 5. The molecule has 0 spiro atoms. The molecule has 112 valence electrons. The van der Waals surface area contributed by atoms with Gasteiger partial charge in [0.25, 0.3) is 0 Å². The molecule has 1 heterocycles. The standard InChI is InChI=1S/C14H19N5OS/c1-3-19-12(9-15)16-17-14(19)21-10-13(20)18(2)11-7-5-4-6-8-11/h4-8H,3,9-10,15H2,1-2H3. The van der Waals surface area contributed by atoms with E-state index in [-0.39, 0.29) is 5.91 Å². The van der Waals surface area contributed by atoms with Gasteiger partial charge in [-0.05, 0) is 19.1 Å². The second kappa shape index (κ2) is 7.24. The van der Waals surface area contributed by atoms with Gasteiger partial charge in [-0.15, -0.1) is 10.2 Å². The maximum Gasteiger partial charge on any atom is 0.237 e. The van der Waals surface area contributed by atoms with Crippen molar-refractivity contribution >= 4 is 23.4 Å². The predicted molar refractivity (Wildman–Crippen MR) is 84.2 cm³/mol. The van der Waals surface area contributed by atoms with Gasteiger partial charge in [0, 0.05) is 19.3 Å². The van der Waals surface area contributed by atoms with Crippen molar-refractivity contribution in [3.63, 3.8) is 0 Å². The van der Waals surface area contributed by atoms with E-state index in [1.165, 1.54) is 11.8 Å². The Hall–Kier alpha value is -1.86. The first-order valence-electron chi connectivity index (χ1n) is 6.74. The Bertz CT molecular complexity index is 599. The first kappa shape index (κ1) is 15.5. The summed E-state index contributed by atoms with van der Waals surface area (Å²) in [4.78, 5) is 13.9. The molecule has 0 saturated heterocycles. The Balaban J connectivity index is 2.00. The van der Waals surface area contributed by atoms with Crippen molar-refractivity contribution < 1.29 is 4.79 Å². The average Bonchev–Trinajstić information content (AvgIpc) is 2.94. The van der Waals surface area contributed by atoms with Gasteiger partial charge < -0.3 is 15.2 Å². The van der Waals surface area contributed by atoms with E-state index in [9.17, 15) is 4.79 Å². The molecule has 7 heteroatoms. The van der Waals surface area contributed by atoms with Crippen molar-refractivity contribution in [2.75, 3.05) is 17.7 Å². The fraction of sp³-hybridized carbons (Fsp3) is 0.357. The van der Waals surface area contributed by atoms with Crippen LogP contribution in [-0.2, 0) is 17.9 Å². The fourth-order valence-corrected chi connectivity index (χ4v) is 2.85. The van der Waals surface area contributed by atoms with Crippen LogP contribution in [0, 0.1) is 0 Å². The summed E-state index contributed by atoms with van der Waals surface area (Å²) in [5.74, 6) is 1.07. The number of rotatable bonds is 6. The molecule has 0 saturated carbocycles. The van der Waals surface area contributed by atoms with Gasteiger partial charge in [-0.25, -0.2) is 0 Å². The number of amides is 1. The van der Waals surface area contributed by atoms with E-state index in [1.807, 2.05) is 41.8 Å². The summed E-state index contributed by atoms with van der Waals surface area (Å²) in [6.45, 7) is 3.09. The van der Waals surface area contributed by atoms with Gasteiger partial charge in [0.1, 0.15) is 5.82 Å². The van der Waals surface area contributed by atoms with E-state index in [1.54, 1.807) is 11.9 Å². The van der Waals surface area contributed by atoms with Crippen molar-refractivity contribution in [2.24, 2.45) is 5.73 Å². The van der Waals surface area contributed by atoms with E-state index in [2.05, 4.69) is 10.2 Å². The van der Waals surface area contributed by atoms with Gasteiger partial charge in [0.2, 0.25) is 5.91 Å². The summed E-state index contributed by atoms with van der Waals surface area (Å²) in [5.41, 5.74) is 6.49. The molecule has 1 amide bonds. The number of nitrogens with two attached hydrogens (primary N) is 1. The average molecular weight is 305 g/mol. The zero-order valence-corrected chi connectivity index (χ0v) is 13.0. The SMILES string of the molecule is CCn1c(CN)nnc1SCC(=O)N(C)c1ccccc1. The number of hydrogen-bond donors (Lipinski definition) is 1. The Morgan fingerprint density at radius 3 is 2.67 bits per heavy atom. The van der Waals surface area contributed by atoms with Crippen LogP contribution in [0.5, 0.6) is 0 Å². The zero-order chi connectivity index (χ0) is 15.2. The molecule has 0 aliphatic rings. The second-order valence-electron chi connectivity index (χ2n) is 4.42. The quantitative estimate of drug-likeness (QED) is 0.819. The first-order valence-corrected chi connectivity index (χ1v) is 7.72. The highest BCUT2D eigenvalue weighted by Gasteiger charge is 2.15. The number of aromatic nitrogens is 3. The largest absolute Gasteiger partial charge is 0.324 e. The fourth-order valence-electron chi connectivity index (χ4n) is 1.91. The maximum atomic E-state index is 12.2. The third-order valence-corrected chi connectivity index (χ3v) is 4.09. The van der Waals surface area contributed by atoms with Crippen LogP contribution in [0.4, 0.5) is 5.69 Å². The van der Waals surface area contributed by atoms with Crippen LogP contribution in [0.2, 0.25) is 0 Å². The number of thioether (sulfide) groups is 1. The summed E-state index contributed by atoms with van der Waals surface area (Å²) < 4.78 is 1.93. The summed E-state index contributed by atoms with van der Waals surface area (Å²) in [6.07, 6.45) is 0. The van der Waals surface area contributed by atoms with E-state index in [0.29, 0.717) is 12.3 Å². The van der Waals surface area contributed by atoms with Crippen LogP contribution in [0.25, 0.3) is 0 Å². The molecule has 2 aromatic rings. The van der Waals surface area contributed by atoms with Crippen molar-refractivity contribution in [3.8, 4) is 0 Å². The van der Waals surface area contributed by atoms with Crippen molar-refractivity contribution in [3.05, 3.63) is 36.2 Å². The molecule has 0 unspecified atom stereocenters. The number of carbonyl (C=O) groups is 1. The predicted octanol–water partition coefficient (Wildman–Crippen LogP) is 1.51. The molecule has 1 aromatic carbocycles. The van der Waals surface area contributed by atoms with Crippen LogP contribution in [0.3, 0.4) is 0 Å². The topological polar surface area (TPSA) is 77.0 Å². The van der Waals surface area contributed by atoms with Gasteiger partial charge in [0.05, 0.1) is 12.3 Å². The van der Waals surface area contributed by atoms with Gasteiger partial charge in [0.15, 0.2) is 5.16 Å². The Kier molecular flexibility index (Phi) is 5.35. The first-order chi connectivity index (χ1) is 10.2. The van der Waals surface area contributed by atoms with Crippen LogP contribution >= 0.6 is 11.8 Å². The molecule has 0 fully saturated rings. The number of nitrogens with zero attached hydrogens (tertiary/aromatic N) is 4. The molecule has 0 aliphatic heterocycles. The molecule has 21 heavy (non-hydrogen) atoms. The van der Waals surface area contributed by atoms with E-state index in [0.717, 1.165) is 23.2 Å². The Morgan fingerprint density at radius 2 is 2.05 bits per heavy atom. The lowest BCUT2D eigenvalue weighted by molar-refractivity contribution is -0.115. The summed E-state index contributed by atoms with van der Waals surface area (Å²) in [7, 11) is 1.77. The van der Waals surface area contributed by atoms with Crippen molar-refractivity contribution in [2.45, 2.75) is 25.2 Å². The molecular weight excluding hydrogens is 286 g/mol. The molecule has 0 radical (unpaired) electrons. The summed E-state index contributed by atoms with van der Waals surface area (Å²) in [6, 6.07) is 9.56. The molecule has 6 nitrogen and oxygen atoms in total. The minimum Gasteiger partial charge on any atom is -0.324 e. The molecule has 2 N–H and O–H groups in total. The second-order valence-corrected chi connectivity index (χ2v) is 5.37. The third kappa shape index (κ3) is 3.62. The highest BCUT2D eigenvalue weighted by Crippen LogP contribution is 2.19. The zero-order valence-electron chi connectivity index (χ0n) is 12.2. The minimum atomic E-state index is 0.0196. The molecule has 0 bridgehead atoms. The summed E-state index contributed by atoms with van der Waals surface area (Å²) in [5, 5.41) is 8.85. The number of carbonyl (C=O) groups excluding carboxylic acids is 1. The van der Waals surface area contributed by atoms with Gasteiger partial charge in [-0.1, -0.05) is 30.0 Å². The van der Waals surface area contributed by atoms with Crippen LogP contribution in [0.1, 0.15) is 12.7 Å². The molecule has 1 aromatic heterocycles. The van der Waals surface area contributed by atoms with E-state index in [4.69, 9.17) is 5.73 Å². The Labute approximate surface area is 128 Å². The minimum absolute atomic E-state index is 0.0196. The molecular formula is C14H19N5OS. The highest BCUT2D eigenvalue weighted by molar-refractivity contribution is 7.99. The maximum absolute atomic E-state index is 12.2. The molecule has 2 rings (SSSR count). The number of para-hydroxylation sites is 1. The highest BCUT2D eigenvalue weighted by atomic mass is 32.2. The van der Waals surface area contributed by atoms with Crippen LogP contribution < -0.4 is 10.6 Å². The van der Waals surface area contributed by atoms with Crippen molar-refractivity contribution in [1.29, 1.82) is 0 Å². The van der Waals surface area contributed by atoms with Gasteiger partial charge in [-0.2, -0.15) is 0 Å². The lowest BCUT2D eigenvalue weighted by atomic mass is 10.3. The van der Waals surface area contributed by atoms with Gasteiger partial charge >= 0.3 is 0 Å². The molecule has 0 aliphatic carbocycles. The lowest BCUT2D eigenvalue weighted by Gasteiger charge is -2.16. The van der Waals surface area contributed by atoms with Gasteiger partial charge in [-0.3, -0.25) is 4.79 Å². The van der Waals surface area contributed by atoms with E-state index >= 15 is 0 Å². The Morgan fingerprint density at radius 1 is 1.33 bits per heavy atom. The van der Waals surface area contributed by atoms with Crippen molar-refractivity contribution in [1.82, 2.24) is 14.8 Å². The number of benzene rings is 1. The molecule has 0 atom stereocenters. The summed E-state index contributed by atoms with van der Waals surface area (Å²) >= 11 is 1.38. The lowest BCUT2D eigenvalue weighted by Crippen LogP contribution is -2.28. The van der Waals surface area contributed by atoms with Crippen LogP contribution in [0.15, 0.2) is 35.5 Å². The normalized spacial score (nSPS) is 10.6. The van der Waals surface area contributed by atoms with Crippen LogP contribution in [-0.4, -0.2) is 33.5 Å².